The van der Waals surface area contributed by atoms with Gasteiger partial charge < -0.3 is 9.47 Å². The summed E-state index contributed by atoms with van der Waals surface area (Å²) < 4.78 is 5.13. The van der Waals surface area contributed by atoms with Crippen molar-refractivity contribution in [2.45, 2.75) is 12.8 Å². The van der Waals surface area contributed by atoms with Gasteiger partial charge in [-0.25, -0.2) is 0 Å². The molecule has 2 heterocycles. The van der Waals surface area contributed by atoms with Crippen molar-refractivity contribution in [2.24, 2.45) is 0 Å². The van der Waals surface area contributed by atoms with E-state index in [9.17, 15) is 0 Å². The Morgan fingerprint density at radius 1 is 0.431 bits per heavy atom. The van der Waals surface area contributed by atoms with E-state index < -0.39 is 0 Å². The summed E-state index contributed by atoms with van der Waals surface area (Å²) in [6, 6.07) is 61.7. The predicted octanol–water partition coefficient (Wildman–Crippen LogP) is 14.0. The van der Waals surface area contributed by atoms with Crippen LogP contribution in [-0.2, 0) is 0 Å². The van der Waals surface area contributed by atoms with Crippen molar-refractivity contribution in [3.05, 3.63) is 188 Å². The summed E-state index contributed by atoms with van der Waals surface area (Å²) >= 11 is 1.88. The van der Waals surface area contributed by atoms with E-state index in [2.05, 4.69) is 191 Å². The number of hydrogen-bond donors (Lipinski definition) is 0. The molecular formula is C48H34N2S. The lowest BCUT2D eigenvalue weighted by molar-refractivity contribution is 0.992. The fourth-order valence-electron chi connectivity index (χ4n) is 7.90. The van der Waals surface area contributed by atoms with Crippen molar-refractivity contribution >= 4 is 81.6 Å². The molecule has 2 aromatic heterocycles. The number of aromatic nitrogens is 1. The van der Waals surface area contributed by atoms with E-state index in [4.69, 9.17) is 0 Å². The van der Waals surface area contributed by atoms with Gasteiger partial charge in [0.05, 0.1) is 11.0 Å². The van der Waals surface area contributed by atoms with Gasteiger partial charge in [0.25, 0.3) is 0 Å². The minimum atomic E-state index is 0.994. The lowest BCUT2D eigenvalue weighted by Gasteiger charge is -2.26. The number of allylic oxidation sites excluding steroid dienone is 4. The Labute approximate surface area is 301 Å². The molecule has 1 aliphatic rings. The molecule has 51 heavy (non-hydrogen) atoms. The molecule has 242 valence electrons. The molecule has 0 saturated heterocycles. The van der Waals surface area contributed by atoms with Crippen molar-refractivity contribution in [3.8, 4) is 11.1 Å². The zero-order valence-corrected chi connectivity index (χ0v) is 28.9. The molecule has 0 bridgehead atoms. The van der Waals surface area contributed by atoms with Gasteiger partial charge in [-0.05, 0) is 95.8 Å². The molecule has 10 rings (SSSR count). The van der Waals surface area contributed by atoms with Crippen LogP contribution >= 0.6 is 11.3 Å². The zero-order chi connectivity index (χ0) is 33.7. The van der Waals surface area contributed by atoms with E-state index in [-0.39, 0.29) is 0 Å². The average Bonchev–Trinajstić information content (AvgIpc) is 3.75. The summed E-state index contributed by atoms with van der Waals surface area (Å²) in [6.45, 7) is 0. The van der Waals surface area contributed by atoms with E-state index in [0.717, 1.165) is 29.9 Å². The fourth-order valence-corrected chi connectivity index (χ4v) is 9.14. The second kappa shape index (κ2) is 12.3. The molecule has 9 aromatic rings. The molecule has 7 aromatic carbocycles. The first-order valence-corrected chi connectivity index (χ1v) is 18.5. The van der Waals surface area contributed by atoms with E-state index >= 15 is 0 Å². The van der Waals surface area contributed by atoms with Gasteiger partial charge in [-0.1, -0.05) is 121 Å². The number of nitrogens with zero attached hydrogens (tertiary/aromatic N) is 2. The lowest BCUT2D eigenvalue weighted by Crippen LogP contribution is -2.09. The van der Waals surface area contributed by atoms with Crippen LogP contribution in [0.5, 0.6) is 0 Å². The highest BCUT2D eigenvalue weighted by molar-refractivity contribution is 7.26. The van der Waals surface area contributed by atoms with Crippen LogP contribution in [0.1, 0.15) is 18.4 Å². The van der Waals surface area contributed by atoms with Crippen molar-refractivity contribution in [1.82, 2.24) is 4.57 Å². The largest absolute Gasteiger partial charge is 0.313 e. The second-order valence-corrected chi connectivity index (χ2v) is 14.3. The molecule has 3 heteroatoms. The topological polar surface area (TPSA) is 8.17 Å². The third-order valence-electron chi connectivity index (χ3n) is 10.3. The summed E-state index contributed by atoms with van der Waals surface area (Å²) in [6.07, 6.45) is 6.64. The van der Waals surface area contributed by atoms with Gasteiger partial charge in [0, 0.05) is 53.7 Å². The van der Waals surface area contributed by atoms with Crippen LogP contribution < -0.4 is 4.90 Å². The number of thiophene rings is 1. The van der Waals surface area contributed by atoms with E-state index in [0.29, 0.717) is 0 Å². The zero-order valence-electron chi connectivity index (χ0n) is 28.0. The standard InChI is InChI=1S/C48H34N2S/c1-2-11-36(12-3-1)49(38-31-25-35(26-32-38)40-16-10-17-44-43-15-6-9-20-47(43)51-48(40)44)37-27-21-33(22-28-37)34-23-29-39(30-24-34)50-45-18-7-4-13-41(45)42-14-5-8-19-46(42)50/h1-23,25-29,31-32H,24,30H2. The van der Waals surface area contributed by atoms with Crippen molar-refractivity contribution in [1.29, 1.82) is 0 Å². The van der Waals surface area contributed by atoms with Gasteiger partial charge in [0.15, 0.2) is 0 Å². The number of hydrogen-bond acceptors (Lipinski definition) is 2. The third kappa shape index (κ3) is 5.09. The van der Waals surface area contributed by atoms with E-state index in [1.807, 2.05) is 11.3 Å². The number of rotatable bonds is 6. The van der Waals surface area contributed by atoms with Gasteiger partial charge >= 0.3 is 0 Å². The summed E-state index contributed by atoms with van der Waals surface area (Å²) in [5.41, 5.74) is 12.5. The Bertz CT molecular complexity index is 2730. The first-order chi connectivity index (χ1) is 25.3. The maximum Gasteiger partial charge on any atom is 0.0537 e. The number of fused-ring (bicyclic) bond motifs is 6. The minimum absolute atomic E-state index is 0.994. The Balaban J connectivity index is 0.974. The van der Waals surface area contributed by atoms with Gasteiger partial charge in [-0.3, -0.25) is 0 Å². The van der Waals surface area contributed by atoms with Gasteiger partial charge in [-0.2, -0.15) is 0 Å². The Morgan fingerprint density at radius 2 is 1.00 bits per heavy atom. The molecule has 0 amide bonds. The highest BCUT2D eigenvalue weighted by Gasteiger charge is 2.18. The van der Waals surface area contributed by atoms with Crippen LogP contribution in [0, 0.1) is 0 Å². The fraction of sp³-hybridized carbons (Fsp3) is 0.0417. The Morgan fingerprint density at radius 3 is 1.67 bits per heavy atom. The maximum absolute atomic E-state index is 2.45. The molecule has 2 nitrogen and oxygen atoms in total. The van der Waals surface area contributed by atoms with Crippen molar-refractivity contribution in [3.63, 3.8) is 0 Å². The highest BCUT2D eigenvalue weighted by Crippen LogP contribution is 2.42. The predicted molar refractivity (Wildman–Crippen MR) is 220 cm³/mol. The molecule has 0 N–H and O–H groups in total. The quantitative estimate of drug-likeness (QED) is 0.171. The highest BCUT2D eigenvalue weighted by atomic mass is 32.1. The minimum Gasteiger partial charge on any atom is -0.313 e. The van der Waals surface area contributed by atoms with Crippen LogP contribution in [0.15, 0.2) is 182 Å². The van der Waals surface area contributed by atoms with E-state index in [1.54, 1.807) is 0 Å². The van der Waals surface area contributed by atoms with Crippen LogP contribution in [0.3, 0.4) is 0 Å². The average molecular weight is 671 g/mol. The molecule has 0 unspecified atom stereocenters. The van der Waals surface area contributed by atoms with Crippen molar-refractivity contribution in [2.75, 3.05) is 4.90 Å². The second-order valence-electron chi connectivity index (χ2n) is 13.3. The third-order valence-corrected chi connectivity index (χ3v) is 11.6. The van der Waals surface area contributed by atoms with E-state index in [1.165, 1.54) is 69.9 Å². The molecule has 1 aliphatic carbocycles. The van der Waals surface area contributed by atoms with Crippen LogP contribution in [-0.4, -0.2) is 4.57 Å². The molecule has 0 aliphatic heterocycles. The summed E-state index contributed by atoms with van der Waals surface area (Å²) in [7, 11) is 0. The molecule has 0 fully saturated rings. The first-order valence-electron chi connectivity index (χ1n) is 17.6. The van der Waals surface area contributed by atoms with Gasteiger partial charge in [-0.15, -0.1) is 11.3 Å². The van der Waals surface area contributed by atoms with Gasteiger partial charge in [0.1, 0.15) is 0 Å². The number of anilines is 3. The SMILES string of the molecule is C1=C(c2ccc(N(c3ccccc3)c3ccc(-c4cccc5c4sc4ccccc45)cc3)cc2)CCC(n2c3ccccc3c3ccccc32)=C1. The van der Waals surface area contributed by atoms with Crippen LogP contribution in [0.4, 0.5) is 17.1 Å². The molecule has 0 spiro atoms. The lowest BCUT2D eigenvalue weighted by atomic mass is 9.95. The smallest absolute Gasteiger partial charge is 0.0537 e. The van der Waals surface area contributed by atoms with Crippen molar-refractivity contribution < 1.29 is 0 Å². The van der Waals surface area contributed by atoms with Crippen LogP contribution in [0.2, 0.25) is 0 Å². The molecule has 0 atom stereocenters. The normalized spacial score (nSPS) is 13.2. The summed E-state index contributed by atoms with van der Waals surface area (Å²) in [5, 5.41) is 5.28. The molecule has 0 radical (unpaired) electrons. The molecule has 0 saturated carbocycles. The first kappa shape index (κ1) is 29.7. The summed E-state index contributed by atoms with van der Waals surface area (Å²) in [4.78, 5) is 2.35. The molecular weight excluding hydrogens is 637 g/mol. The Hall–Kier alpha value is -6.16. The maximum atomic E-state index is 2.45. The number of para-hydroxylation sites is 3. The Kier molecular flexibility index (Phi) is 7.18. The monoisotopic (exact) mass is 670 g/mol. The summed E-state index contributed by atoms with van der Waals surface area (Å²) in [5.74, 6) is 0. The van der Waals surface area contributed by atoms with Crippen LogP contribution in [0.25, 0.3) is 64.4 Å². The number of benzene rings is 7. The van der Waals surface area contributed by atoms with Gasteiger partial charge in [0.2, 0.25) is 0 Å².